The van der Waals surface area contributed by atoms with Gasteiger partial charge in [-0.05, 0) is 6.92 Å². The molecule has 0 aromatic carbocycles. The first kappa shape index (κ1) is 7.76. The number of thiol groups is 1. The molecule has 0 rings (SSSR count). The van der Waals surface area contributed by atoms with Gasteiger partial charge in [-0.25, -0.2) is 0 Å². The molecule has 2 heteroatoms. The molecule has 0 saturated heterocycles. The summed E-state index contributed by atoms with van der Waals surface area (Å²) in [6.45, 7) is 3.70. The normalized spacial score (nSPS) is 14.4. The molecule has 0 amide bonds. The lowest BCUT2D eigenvalue weighted by atomic mass is 10.2. The Morgan fingerprint density at radius 1 is 1.75 bits per heavy atom. The second-order valence-corrected chi connectivity index (χ2v) is 2.09. The Bertz CT molecular complexity index is 107. The van der Waals surface area contributed by atoms with Gasteiger partial charge in [0.2, 0.25) is 0 Å². The van der Waals surface area contributed by atoms with Gasteiger partial charge < -0.3 is 0 Å². The van der Waals surface area contributed by atoms with Crippen LogP contribution in [-0.4, -0.2) is 5.12 Å². The van der Waals surface area contributed by atoms with Gasteiger partial charge in [0.15, 0.2) is 5.12 Å². The zero-order valence-corrected chi connectivity index (χ0v) is 5.98. The third-order valence-corrected chi connectivity index (χ3v) is 1.28. The van der Waals surface area contributed by atoms with Crippen LogP contribution in [0.1, 0.15) is 13.8 Å². The summed E-state index contributed by atoms with van der Waals surface area (Å²) in [6.07, 6.45) is 3.66. The largest absolute Gasteiger partial charge is 0.287 e. The molecule has 0 heterocycles. The molecule has 0 aromatic heterocycles. The number of carbonyl (C=O) groups is 1. The predicted octanol–water partition coefficient (Wildman–Crippen LogP) is 1.66. The van der Waals surface area contributed by atoms with Gasteiger partial charge in [-0.2, -0.15) is 0 Å². The highest BCUT2D eigenvalue weighted by Crippen LogP contribution is 2.00. The van der Waals surface area contributed by atoms with Crippen LogP contribution in [-0.2, 0) is 4.79 Å². The van der Waals surface area contributed by atoms with Crippen molar-refractivity contribution in [2.24, 2.45) is 5.92 Å². The first-order valence-corrected chi connectivity index (χ1v) is 2.98. The lowest BCUT2D eigenvalue weighted by Gasteiger charge is -1.94. The van der Waals surface area contributed by atoms with Crippen molar-refractivity contribution in [2.75, 3.05) is 0 Å². The Hall–Kier alpha value is -0.240. The molecule has 0 aliphatic carbocycles. The van der Waals surface area contributed by atoms with Crippen LogP contribution in [0, 0.1) is 5.92 Å². The van der Waals surface area contributed by atoms with E-state index in [0.717, 1.165) is 0 Å². The Morgan fingerprint density at radius 2 is 2.25 bits per heavy atom. The highest BCUT2D eigenvalue weighted by molar-refractivity contribution is 7.96. The molecule has 0 N–H and O–H groups in total. The molecule has 0 aliphatic heterocycles. The summed E-state index contributed by atoms with van der Waals surface area (Å²) in [5.41, 5.74) is 0. The summed E-state index contributed by atoms with van der Waals surface area (Å²) < 4.78 is 0. The van der Waals surface area contributed by atoms with Crippen molar-refractivity contribution >= 4 is 17.7 Å². The molecule has 1 atom stereocenters. The fourth-order valence-corrected chi connectivity index (χ4v) is 0.457. The Morgan fingerprint density at radius 3 is 2.38 bits per heavy atom. The quantitative estimate of drug-likeness (QED) is 0.444. The number of allylic oxidation sites excluding steroid dienone is 2. The van der Waals surface area contributed by atoms with E-state index < -0.39 is 0 Å². The molecule has 1 nitrogen and oxygen atoms in total. The first-order chi connectivity index (χ1) is 3.68. The fourth-order valence-electron chi connectivity index (χ4n) is 0.371. The number of rotatable bonds is 2. The van der Waals surface area contributed by atoms with Crippen molar-refractivity contribution in [3.05, 3.63) is 12.2 Å². The van der Waals surface area contributed by atoms with Crippen molar-refractivity contribution in [2.45, 2.75) is 13.8 Å². The van der Waals surface area contributed by atoms with E-state index in [1.807, 2.05) is 26.0 Å². The van der Waals surface area contributed by atoms with Crippen LogP contribution in [0.2, 0.25) is 0 Å². The second-order valence-electron chi connectivity index (χ2n) is 1.65. The van der Waals surface area contributed by atoms with E-state index in [1.165, 1.54) is 0 Å². The molecule has 0 fully saturated rings. The van der Waals surface area contributed by atoms with Crippen molar-refractivity contribution in [1.82, 2.24) is 0 Å². The summed E-state index contributed by atoms with van der Waals surface area (Å²) in [5, 5.41) is -0.0805. The number of hydrogen-bond acceptors (Lipinski definition) is 1. The Kier molecular flexibility index (Phi) is 3.61. The summed E-state index contributed by atoms with van der Waals surface area (Å²) in [4.78, 5) is 10.3. The lowest BCUT2D eigenvalue weighted by molar-refractivity contribution is -0.112. The van der Waals surface area contributed by atoms with E-state index in [4.69, 9.17) is 0 Å². The van der Waals surface area contributed by atoms with Gasteiger partial charge >= 0.3 is 0 Å². The van der Waals surface area contributed by atoms with E-state index in [-0.39, 0.29) is 11.0 Å². The maximum atomic E-state index is 10.3. The monoisotopic (exact) mass is 130 g/mol. The summed E-state index contributed by atoms with van der Waals surface area (Å²) in [5.74, 6) is -0.0386. The molecular formula is C6H10OS. The van der Waals surface area contributed by atoms with E-state index >= 15 is 0 Å². The minimum atomic E-state index is -0.0805. The fraction of sp³-hybridized carbons (Fsp3) is 0.500. The molecule has 1 unspecified atom stereocenters. The number of hydrogen-bond donors (Lipinski definition) is 1. The molecule has 46 valence electrons. The van der Waals surface area contributed by atoms with Crippen LogP contribution in [0.5, 0.6) is 0 Å². The van der Waals surface area contributed by atoms with Gasteiger partial charge in [-0.15, -0.1) is 12.6 Å². The van der Waals surface area contributed by atoms with Crippen LogP contribution in [0.25, 0.3) is 0 Å². The van der Waals surface area contributed by atoms with Crippen molar-refractivity contribution in [3.8, 4) is 0 Å². The molecule has 8 heavy (non-hydrogen) atoms. The number of carbonyl (C=O) groups excluding carboxylic acids is 1. The van der Waals surface area contributed by atoms with E-state index in [9.17, 15) is 4.79 Å². The maximum Gasteiger partial charge on any atom is 0.192 e. The first-order valence-electron chi connectivity index (χ1n) is 2.54. The van der Waals surface area contributed by atoms with Crippen LogP contribution in [0.3, 0.4) is 0 Å². The van der Waals surface area contributed by atoms with E-state index in [2.05, 4.69) is 12.6 Å². The predicted molar refractivity (Wildman–Crippen MR) is 38.0 cm³/mol. The standard InChI is InChI=1S/C6H10OS/c1-3-4-5(2)6(7)8/h3-5H,1-2H3,(H,7,8)/b4-3+. The van der Waals surface area contributed by atoms with Gasteiger partial charge in [0.05, 0.1) is 0 Å². The van der Waals surface area contributed by atoms with E-state index in [0.29, 0.717) is 0 Å². The zero-order chi connectivity index (χ0) is 6.57. The van der Waals surface area contributed by atoms with Gasteiger partial charge in [-0.1, -0.05) is 19.1 Å². The summed E-state index contributed by atoms with van der Waals surface area (Å²) in [6, 6.07) is 0. The average Bonchev–Trinajstić information content (AvgIpc) is 1.67. The minimum Gasteiger partial charge on any atom is -0.287 e. The third kappa shape index (κ3) is 2.86. The second kappa shape index (κ2) is 3.72. The van der Waals surface area contributed by atoms with Crippen molar-refractivity contribution < 1.29 is 4.79 Å². The molecule has 0 radical (unpaired) electrons. The van der Waals surface area contributed by atoms with Crippen LogP contribution < -0.4 is 0 Å². The Balaban J connectivity index is 3.64. The lowest BCUT2D eigenvalue weighted by Crippen LogP contribution is -1.98. The van der Waals surface area contributed by atoms with E-state index in [1.54, 1.807) is 0 Å². The van der Waals surface area contributed by atoms with Gasteiger partial charge in [-0.3, -0.25) is 4.79 Å². The van der Waals surface area contributed by atoms with Gasteiger partial charge in [0.1, 0.15) is 0 Å². The minimum absolute atomic E-state index is 0.0386. The highest BCUT2D eigenvalue weighted by Gasteiger charge is 2.00. The Labute approximate surface area is 55.2 Å². The van der Waals surface area contributed by atoms with Crippen molar-refractivity contribution in [1.29, 1.82) is 0 Å². The topological polar surface area (TPSA) is 17.1 Å². The molecule has 0 aromatic rings. The smallest absolute Gasteiger partial charge is 0.192 e. The third-order valence-electron chi connectivity index (χ3n) is 0.871. The molecule has 0 aliphatic rings. The van der Waals surface area contributed by atoms with Gasteiger partial charge in [0, 0.05) is 5.92 Å². The van der Waals surface area contributed by atoms with Crippen LogP contribution in [0.4, 0.5) is 0 Å². The average molecular weight is 130 g/mol. The summed E-state index contributed by atoms with van der Waals surface area (Å²) >= 11 is 3.64. The zero-order valence-electron chi connectivity index (χ0n) is 5.09. The maximum absolute atomic E-state index is 10.3. The molecule has 0 bridgehead atoms. The van der Waals surface area contributed by atoms with Gasteiger partial charge in [0.25, 0.3) is 0 Å². The molecule has 0 spiro atoms. The van der Waals surface area contributed by atoms with Crippen LogP contribution in [0.15, 0.2) is 12.2 Å². The van der Waals surface area contributed by atoms with Crippen molar-refractivity contribution in [3.63, 3.8) is 0 Å². The summed E-state index contributed by atoms with van der Waals surface area (Å²) in [7, 11) is 0. The molecule has 0 saturated carbocycles. The highest BCUT2D eigenvalue weighted by atomic mass is 32.1. The SMILES string of the molecule is C/C=C/C(C)C(=O)S. The van der Waals surface area contributed by atoms with Crippen LogP contribution >= 0.6 is 12.6 Å². The molecular weight excluding hydrogens is 120 g/mol.